The Labute approximate surface area is 86.6 Å². The molecule has 4 heteroatoms. The van der Waals surface area contributed by atoms with Crippen LogP contribution in [0.4, 0.5) is 0 Å². The van der Waals surface area contributed by atoms with E-state index in [9.17, 15) is 0 Å². The molecule has 0 bridgehead atoms. The molecule has 0 N–H and O–H groups in total. The highest BCUT2D eigenvalue weighted by atomic mass is 32.1. The molecule has 0 aliphatic carbocycles. The molecule has 1 aromatic carbocycles. The van der Waals surface area contributed by atoms with Gasteiger partial charge in [0.05, 0.1) is 12.7 Å². The third kappa shape index (κ3) is 1.48. The van der Waals surface area contributed by atoms with Crippen molar-refractivity contribution >= 4 is 11.5 Å². The maximum absolute atomic E-state index is 5.32. The highest BCUT2D eigenvalue weighted by molar-refractivity contribution is 7.03. The molecular formula is C10H10N2OS. The Morgan fingerprint density at radius 1 is 1.36 bits per heavy atom. The van der Waals surface area contributed by atoms with E-state index < -0.39 is 0 Å². The molecule has 72 valence electrons. The molecule has 0 radical (unpaired) electrons. The van der Waals surface area contributed by atoms with Crippen LogP contribution in [0.3, 0.4) is 0 Å². The van der Waals surface area contributed by atoms with Crippen molar-refractivity contribution in [2.24, 2.45) is 0 Å². The highest BCUT2D eigenvalue weighted by Gasteiger charge is 2.10. The number of hydrogen-bond donors (Lipinski definition) is 0. The van der Waals surface area contributed by atoms with Crippen LogP contribution in [0.5, 0.6) is 5.75 Å². The number of aryl methyl sites for hydroxylation is 1. The number of hydrogen-bond acceptors (Lipinski definition) is 4. The second-order valence-electron chi connectivity index (χ2n) is 2.91. The van der Waals surface area contributed by atoms with Crippen molar-refractivity contribution in [2.75, 3.05) is 7.11 Å². The van der Waals surface area contributed by atoms with Crippen molar-refractivity contribution in [1.29, 1.82) is 0 Å². The van der Waals surface area contributed by atoms with Gasteiger partial charge in [-0.3, -0.25) is 0 Å². The average molecular weight is 206 g/mol. The van der Waals surface area contributed by atoms with Gasteiger partial charge in [-0.2, -0.15) is 4.37 Å². The van der Waals surface area contributed by atoms with Gasteiger partial charge in [0.1, 0.15) is 11.3 Å². The first-order valence-electron chi connectivity index (χ1n) is 4.23. The van der Waals surface area contributed by atoms with Crippen LogP contribution in [0.1, 0.15) is 5.56 Å². The van der Waals surface area contributed by atoms with E-state index in [1.165, 1.54) is 11.5 Å². The topological polar surface area (TPSA) is 35.0 Å². The van der Waals surface area contributed by atoms with Crippen LogP contribution < -0.4 is 4.74 Å². The Kier molecular flexibility index (Phi) is 2.45. The molecule has 0 amide bonds. The lowest BCUT2D eigenvalue weighted by Gasteiger charge is -2.07. The summed E-state index contributed by atoms with van der Waals surface area (Å²) in [7, 11) is 1.66. The lowest BCUT2D eigenvalue weighted by Crippen LogP contribution is -1.91. The van der Waals surface area contributed by atoms with Gasteiger partial charge in [0.25, 0.3) is 0 Å². The standard InChI is InChI=1S/C10H10N2OS/c1-7-4-3-5-8(9(7)13-2)10-11-6-14-12-10/h3-6H,1-2H3. The summed E-state index contributed by atoms with van der Waals surface area (Å²) in [6, 6.07) is 5.96. The van der Waals surface area contributed by atoms with Crippen LogP contribution in [0, 0.1) is 6.92 Å². The molecule has 0 saturated carbocycles. The monoisotopic (exact) mass is 206 g/mol. The molecule has 14 heavy (non-hydrogen) atoms. The quantitative estimate of drug-likeness (QED) is 0.757. The number of para-hydroxylation sites is 1. The minimum Gasteiger partial charge on any atom is -0.496 e. The number of nitrogens with zero attached hydrogens (tertiary/aromatic N) is 2. The zero-order valence-electron chi connectivity index (χ0n) is 8.02. The van der Waals surface area contributed by atoms with E-state index in [0.717, 1.165) is 22.7 Å². The van der Waals surface area contributed by atoms with Gasteiger partial charge in [0.2, 0.25) is 0 Å². The number of aromatic nitrogens is 2. The predicted molar refractivity (Wildman–Crippen MR) is 56.6 cm³/mol. The normalized spacial score (nSPS) is 10.1. The smallest absolute Gasteiger partial charge is 0.176 e. The van der Waals surface area contributed by atoms with Crippen molar-refractivity contribution < 1.29 is 4.74 Å². The van der Waals surface area contributed by atoms with E-state index in [1.807, 2.05) is 25.1 Å². The number of benzene rings is 1. The summed E-state index contributed by atoms with van der Waals surface area (Å²) in [5.74, 6) is 1.58. The van der Waals surface area contributed by atoms with Crippen molar-refractivity contribution in [1.82, 2.24) is 9.36 Å². The molecule has 1 heterocycles. The molecule has 0 aliphatic heterocycles. The minimum absolute atomic E-state index is 0.732. The second-order valence-corrected chi connectivity index (χ2v) is 3.51. The van der Waals surface area contributed by atoms with Crippen LogP contribution in [0.25, 0.3) is 11.4 Å². The van der Waals surface area contributed by atoms with Crippen LogP contribution in [0.2, 0.25) is 0 Å². The van der Waals surface area contributed by atoms with Crippen LogP contribution >= 0.6 is 11.5 Å². The van der Waals surface area contributed by atoms with E-state index in [1.54, 1.807) is 12.6 Å². The number of methoxy groups -OCH3 is 1. The molecule has 0 spiro atoms. The Bertz CT molecular complexity index is 426. The minimum atomic E-state index is 0.732. The Morgan fingerprint density at radius 2 is 2.21 bits per heavy atom. The van der Waals surface area contributed by atoms with Crippen LogP contribution in [-0.2, 0) is 0 Å². The van der Waals surface area contributed by atoms with Crippen LogP contribution in [0.15, 0.2) is 23.7 Å². The van der Waals surface area contributed by atoms with E-state index in [-0.39, 0.29) is 0 Å². The largest absolute Gasteiger partial charge is 0.496 e. The summed E-state index contributed by atoms with van der Waals surface area (Å²) >= 11 is 1.34. The van der Waals surface area contributed by atoms with Gasteiger partial charge >= 0.3 is 0 Å². The van der Waals surface area contributed by atoms with Crippen molar-refractivity contribution in [3.8, 4) is 17.1 Å². The van der Waals surface area contributed by atoms with Crippen LogP contribution in [-0.4, -0.2) is 16.5 Å². The van der Waals surface area contributed by atoms with Gasteiger partial charge in [0, 0.05) is 0 Å². The highest BCUT2D eigenvalue weighted by Crippen LogP contribution is 2.30. The van der Waals surface area contributed by atoms with Gasteiger partial charge in [-0.05, 0) is 30.1 Å². The summed E-state index contributed by atoms with van der Waals surface area (Å²) in [5.41, 5.74) is 3.77. The fourth-order valence-corrected chi connectivity index (χ4v) is 1.83. The first-order chi connectivity index (χ1) is 6.83. The second kappa shape index (κ2) is 3.75. The van der Waals surface area contributed by atoms with E-state index in [2.05, 4.69) is 9.36 Å². The fraction of sp³-hybridized carbons (Fsp3) is 0.200. The van der Waals surface area contributed by atoms with Gasteiger partial charge in [-0.1, -0.05) is 12.1 Å². The molecule has 0 atom stereocenters. The molecule has 0 aliphatic rings. The predicted octanol–water partition coefficient (Wildman–Crippen LogP) is 2.52. The maximum atomic E-state index is 5.32. The summed E-state index contributed by atoms with van der Waals surface area (Å²) in [5, 5.41) is 0. The van der Waals surface area contributed by atoms with Gasteiger partial charge in [-0.25, -0.2) is 4.98 Å². The summed E-state index contributed by atoms with van der Waals surface area (Å²) in [4.78, 5) is 4.16. The Balaban J connectivity index is 2.58. The van der Waals surface area contributed by atoms with Crippen molar-refractivity contribution in [2.45, 2.75) is 6.92 Å². The Morgan fingerprint density at radius 3 is 2.86 bits per heavy atom. The van der Waals surface area contributed by atoms with E-state index in [0.29, 0.717) is 0 Å². The van der Waals surface area contributed by atoms with Gasteiger partial charge < -0.3 is 4.74 Å². The summed E-state index contributed by atoms with van der Waals surface area (Å²) in [6.07, 6.45) is 0. The van der Waals surface area contributed by atoms with Gasteiger partial charge in [0.15, 0.2) is 5.82 Å². The van der Waals surface area contributed by atoms with E-state index in [4.69, 9.17) is 4.74 Å². The van der Waals surface area contributed by atoms with Crippen molar-refractivity contribution in [3.63, 3.8) is 0 Å². The molecule has 0 fully saturated rings. The van der Waals surface area contributed by atoms with Gasteiger partial charge in [-0.15, -0.1) is 0 Å². The zero-order chi connectivity index (χ0) is 9.97. The molecule has 1 aromatic heterocycles. The first kappa shape index (κ1) is 9.15. The molecular weight excluding hydrogens is 196 g/mol. The summed E-state index contributed by atoms with van der Waals surface area (Å²) < 4.78 is 9.51. The first-order valence-corrected chi connectivity index (χ1v) is 5.07. The lowest BCUT2D eigenvalue weighted by molar-refractivity contribution is 0.413. The molecule has 3 nitrogen and oxygen atoms in total. The number of ether oxygens (including phenoxy) is 1. The van der Waals surface area contributed by atoms with Crippen molar-refractivity contribution in [3.05, 3.63) is 29.3 Å². The third-order valence-corrected chi connectivity index (χ3v) is 2.50. The SMILES string of the molecule is COc1c(C)cccc1-c1ncsn1. The lowest BCUT2D eigenvalue weighted by atomic mass is 10.1. The summed E-state index contributed by atoms with van der Waals surface area (Å²) in [6.45, 7) is 2.01. The zero-order valence-corrected chi connectivity index (χ0v) is 8.84. The molecule has 2 aromatic rings. The molecule has 2 rings (SSSR count). The molecule has 0 saturated heterocycles. The maximum Gasteiger partial charge on any atom is 0.176 e. The Hall–Kier alpha value is -1.42. The third-order valence-electron chi connectivity index (χ3n) is 2.02. The molecule has 0 unspecified atom stereocenters. The number of rotatable bonds is 2. The average Bonchev–Trinajstić information content (AvgIpc) is 2.70. The fourth-order valence-electron chi connectivity index (χ4n) is 1.39. The van der Waals surface area contributed by atoms with E-state index >= 15 is 0 Å².